The highest BCUT2D eigenvalue weighted by Gasteiger charge is 2.23. The zero-order valence-corrected chi connectivity index (χ0v) is 17.5. The van der Waals surface area contributed by atoms with Crippen LogP contribution in [0.25, 0.3) is 10.2 Å². The molecule has 0 saturated carbocycles. The number of hydrogen-bond acceptors (Lipinski definition) is 7. The van der Waals surface area contributed by atoms with E-state index in [2.05, 4.69) is 10.3 Å². The van der Waals surface area contributed by atoms with Crippen LogP contribution in [0.3, 0.4) is 0 Å². The maximum atomic E-state index is 12.5. The van der Waals surface area contributed by atoms with Crippen LogP contribution >= 0.6 is 11.3 Å². The normalized spacial score (nSPS) is 11.9. The molecule has 0 saturated heterocycles. The number of nitrogens with zero attached hydrogens (tertiary/aromatic N) is 3. The fourth-order valence-electron chi connectivity index (χ4n) is 2.47. The van der Waals surface area contributed by atoms with Crippen molar-refractivity contribution in [2.24, 2.45) is 0 Å². The van der Waals surface area contributed by atoms with Crippen LogP contribution in [0.4, 0.5) is 10.8 Å². The van der Waals surface area contributed by atoms with Gasteiger partial charge in [0.05, 0.1) is 20.0 Å². The Labute approximate surface area is 171 Å². The van der Waals surface area contributed by atoms with Gasteiger partial charge < -0.3 is 0 Å². The van der Waals surface area contributed by atoms with Gasteiger partial charge in [-0.3, -0.25) is 20.2 Å². The number of hydrogen-bond donors (Lipinski definition) is 1. The van der Waals surface area contributed by atoms with Crippen LogP contribution in [0.2, 0.25) is 0 Å². The third-order valence-corrected chi connectivity index (χ3v) is 7.31. The van der Waals surface area contributed by atoms with Gasteiger partial charge in [0.2, 0.25) is 10.0 Å². The third kappa shape index (κ3) is 4.26. The second kappa shape index (κ2) is 7.85. The summed E-state index contributed by atoms with van der Waals surface area (Å²) in [7, 11) is -2.13. The van der Waals surface area contributed by atoms with Gasteiger partial charge >= 0.3 is 0 Å². The highest BCUT2D eigenvalue weighted by molar-refractivity contribution is 7.89. The Bertz CT molecular complexity index is 1190. The number of nitro benzene ring substituents is 1. The first-order valence-electron chi connectivity index (χ1n) is 8.54. The van der Waals surface area contributed by atoms with E-state index in [1.807, 2.05) is 0 Å². The van der Waals surface area contributed by atoms with E-state index in [0.717, 1.165) is 11.3 Å². The molecular weight excluding hydrogens is 416 g/mol. The predicted octanol–water partition coefficient (Wildman–Crippen LogP) is 3.49. The van der Waals surface area contributed by atoms with Gasteiger partial charge in [-0.1, -0.05) is 11.3 Å². The number of anilines is 1. The minimum atomic E-state index is -3.63. The SMILES string of the molecule is CC(C)N(C)S(=O)(=O)c1ccc(C(=O)Nc2nc3ccc([N+](=O)[O-])cc3s2)cc1. The van der Waals surface area contributed by atoms with E-state index in [-0.39, 0.29) is 22.2 Å². The molecule has 9 nitrogen and oxygen atoms in total. The maximum absolute atomic E-state index is 12.5. The molecule has 1 heterocycles. The van der Waals surface area contributed by atoms with Gasteiger partial charge in [0, 0.05) is 30.8 Å². The summed E-state index contributed by atoms with van der Waals surface area (Å²) in [6.45, 7) is 3.54. The van der Waals surface area contributed by atoms with E-state index in [1.165, 1.54) is 53.8 Å². The molecule has 0 radical (unpaired) electrons. The Kier molecular flexibility index (Phi) is 5.64. The molecule has 0 bridgehead atoms. The molecule has 152 valence electrons. The number of carbonyl (C=O) groups excluding carboxylic acids is 1. The Hall–Kier alpha value is -2.89. The van der Waals surface area contributed by atoms with Crippen molar-refractivity contribution >= 4 is 48.3 Å². The average Bonchev–Trinajstić information content (AvgIpc) is 3.08. The molecule has 0 aliphatic heterocycles. The first-order chi connectivity index (χ1) is 13.6. The van der Waals surface area contributed by atoms with Crippen LogP contribution in [-0.4, -0.2) is 41.6 Å². The number of nitrogens with one attached hydrogen (secondary N) is 1. The number of fused-ring (bicyclic) bond motifs is 1. The van der Waals surface area contributed by atoms with Gasteiger partial charge in [-0.2, -0.15) is 4.31 Å². The van der Waals surface area contributed by atoms with E-state index in [1.54, 1.807) is 13.8 Å². The van der Waals surface area contributed by atoms with E-state index >= 15 is 0 Å². The van der Waals surface area contributed by atoms with Crippen molar-refractivity contribution in [3.63, 3.8) is 0 Å². The van der Waals surface area contributed by atoms with Crippen LogP contribution < -0.4 is 5.32 Å². The topological polar surface area (TPSA) is 123 Å². The lowest BCUT2D eigenvalue weighted by Gasteiger charge is -2.20. The summed E-state index contributed by atoms with van der Waals surface area (Å²) in [6.07, 6.45) is 0. The first kappa shape index (κ1) is 20.8. The van der Waals surface area contributed by atoms with Crippen molar-refractivity contribution < 1.29 is 18.1 Å². The summed E-state index contributed by atoms with van der Waals surface area (Å²) >= 11 is 1.12. The van der Waals surface area contributed by atoms with Crippen LogP contribution in [-0.2, 0) is 10.0 Å². The molecular formula is C18H18N4O5S2. The molecule has 0 aliphatic rings. The number of benzene rings is 2. The summed E-state index contributed by atoms with van der Waals surface area (Å²) in [5, 5.41) is 13.8. The molecule has 29 heavy (non-hydrogen) atoms. The van der Waals surface area contributed by atoms with Gasteiger partial charge in [-0.25, -0.2) is 13.4 Å². The quantitative estimate of drug-likeness (QED) is 0.468. The minimum absolute atomic E-state index is 0.0535. The highest BCUT2D eigenvalue weighted by Crippen LogP contribution is 2.29. The molecule has 2 aromatic carbocycles. The Morgan fingerprint density at radius 1 is 1.21 bits per heavy atom. The Balaban J connectivity index is 1.79. The maximum Gasteiger partial charge on any atom is 0.270 e. The van der Waals surface area contributed by atoms with Crippen LogP contribution in [0.1, 0.15) is 24.2 Å². The van der Waals surface area contributed by atoms with Crippen LogP contribution in [0.5, 0.6) is 0 Å². The standard InChI is InChI=1S/C18H18N4O5S2/c1-11(2)21(3)29(26,27)14-7-4-12(5-8-14)17(23)20-18-19-15-9-6-13(22(24)25)10-16(15)28-18/h4-11H,1-3H3,(H,19,20,23). The van der Waals surface area contributed by atoms with E-state index in [4.69, 9.17) is 0 Å². The molecule has 0 spiro atoms. The fraction of sp³-hybridized carbons (Fsp3) is 0.222. The first-order valence-corrected chi connectivity index (χ1v) is 10.8. The molecule has 11 heteroatoms. The Morgan fingerprint density at radius 3 is 2.45 bits per heavy atom. The van der Waals surface area contributed by atoms with Gasteiger partial charge in [0.1, 0.15) is 0 Å². The van der Waals surface area contributed by atoms with Crippen molar-refractivity contribution in [3.8, 4) is 0 Å². The zero-order chi connectivity index (χ0) is 21.3. The van der Waals surface area contributed by atoms with Crippen molar-refractivity contribution in [1.29, 1.82) is 0 Å². The molecule has 1 aromatic heterocycles. The van der Waals surface area contributed by atoms with Crippen molar-refractivity contribution in [1.82, 2.24) is 9.29 Å². The number of amides is 1. The van der Waals surface area contributed by atoms with E-state index < -0.39 is 20.9 Å². The summed E-state index contributed by atoms with van der Waals surface area (Å²) in [5.41, 5.74) is 0.748. The molecule has 1 amide bonds. The molecule has 0 fully saturated rings. The largest absolute Gasteiger partial charge is 0.298 e. The number of carbonyl (C=O) groups is 1. The van der Waals surface area contributed by atoms with Gasteiger partial charge in [-0.05, 0) is 44.2 Å². The number of thiazole rings is 1. The second-order valence-electron chi connectivity index (χ2n) is 6.52. The van der Waals surface area contributed by atoms with Crippen molar-refractivity contribution in [2.45, 2.75) is 24.8 Å². The lowest BCUT2D eigenvalue weighted by atomic mass is 10.2. The smallest absolute Gasteiger partial charge is 0.270 e. The number of sulfonamides is 1. The lowest BCUT2D eigenvalue weighted by molar-refractivity contribution is -0.384. The molecule has 3 rings (SSSR count). The van der Waals surface area contributed by atoms with Crippen LogP contribution in [0.15, 0.2) is 47.4 Å². The summed E-state index contributed by atoms with van der Waals surface area (Å²) in [4.78, 5) is 27.2. The number of rotatable bonds is 6. The molecule has 0 unspecified atom stereocenters. The van der Waals surface area contributed by atoms with Gasteiger partial charge in [-0.15, -0.1) is 0 Å². The van der Waals surface area contributed by atoms with Crippen molar-refractivity contribution in [2.75, 3.05) is 12.4 Å². The van der Waals surface area contributed by atoms with E-state index in [9.17, 15) is 23.3 Å². The summed E-state index contributed by atoms with van der Waals surface area (Å²) in [6, 6.07) is 9.68. The third-order valence-electron chi connectivity index (χ3n) is 4.32. The molecule has 0 aliphatic carbocycles. The molecule has 0 atom stereocenters. The van der Waals surface area contributed by atoms with Gasteiger partial charge in [0.15, 0.2) is 5.13 Å². The minimum Gasteiger partial charge on any atom is -0.298 e. The van der Waals surface area contributed by atoms with Gasteiger partial charge in [0.25, 0.3) is 11.6 Å². The predicted molar refractivity (Wildman–Crippen MR) is 111 cm³/mol. The van der Waals surface area contributed by atoms with Crippen molar-refractivity contribution in [3.05, 3.63) is 58.1 Å². The molecule has 1 N–H and O–H groups in total. The fourth-order valence-corrected chi connectivity index (χ4v) is 4.73. The highest BCUT2D eigenvalue weighted by atomic mass is 32.2. The zero-order valence-electron chi connectivity index (χ0n) is 15.8. The average molecular weight is 434 g/mol. The number of non-ortho nitro benzene ring substituents is 1. The summed E-state index contributed by atoms with van der Waals surface area (Å²) in [5.74, 6) is -0.459. The lowest BCUT2D eigenvalue weighted by Crippen LogP contribution is -2.33. The second-order valence-corrected chi connectivity index (χ2v) is 9.55. The Morgan fingerprint density at radius 2 is 1.86 bits per heavy atom. The number of nitro groups is 1. The van der Waals surface area contributed by atoms with Crippen LogP contribution in [0, 0.1) is 10.1 Å². The molecule has 3 aromatic rings. The van der Waals surface area contributed by atoms with E-state index in [0.29, 0.717) is 15.3 Å². The monoisotopic (exact) mass is 434 g/mol. The number of aromatic nitrogens is 1. The summed E-state index contributed by atoms with van der Waals surface area (Å²) < 4.78 is 26.8.